The quantitative estimate of drug-likeness (QED) is 0.494. The van der Waals surface area contributed by atoms with Crippen molar-refractivity contribution in [1.29, 1.82) is 0 Å². The number of aryl methyl sites for hydroxylation is 2. The highest BCUT2D eigenvalue weighted by atomic mass is 14.7. The van der Waals surface area contributed by atoms with Crippen molar-refractivity contribution in [2.24, 2.45) is 0 Å². The first-order valence-electron chi connectivity index (χ1n) is 3.52. The highest BCUT2D eigenvalue weighted by Gasteiger charge is 1.82. The van der Waals surface area contributed by atoms with Crippen LogP contribution in [0.2, 0.25) is 0 Å². The van der Waals surface area contributed by atoms with Gasteiger partial charge in [0.2, 0.25) is 0 Å². The van der Waals surface area contributed by atoms with E-state index in [2.05, 4.69) is 4.98 Å². The summed E-state index contributed by atoms with van der Waals surface area (Å²) in [6.07, 6.45) is 0. The molecule has 0 aliphatic rings. The largest absolute Gasteiger partial charge is 0.258 e. The van der Waals surface area contributed by atoms with Crippen LogP contribution >= 0.6 is 0 Å². The van der Waals surface area contributed by atoms with E-state index in [9.17, 15) is 0 Å². The van der Waals surface area contributed by atoms with Gasteiger partial charge < -0.3 is 0 Å². The van der Waals surface area contributed by atoms with Crippen molar-refractivity contribution in [3.05, 3.63) is 29.5 Å². The summed E-state index contributed by atoms with van der Waals surface area (Å²) in [6.45, 7) is 3.55. The summed E-state index contributed by atoms with van der Waals surface area (Å²) in [5.41, 5.74) is 1.38. The number of aromatic nitrogens is 1. The predicted molar refractivity (Wildman–Crippen MR) is 33.7 cm³/mol. The first-order chi connectivity index (χ1) is 4.61. The van der Waals surface area contributed by atoms with Crippen LogP contribution in [0.3, 0.4) is 0 Å². The number of hydrogen-bond donors (Lipinski definition) is 0. The van der Waals surface area contributed by atoms with Crippen LogP contribution in [0.15, 0.2) is 18.2 Å². The Morgan fingerprint density at radius 3 is 2.25 bits per heavy atom. The molecule has 42 valence electrons. The second-order valence-corrected chi connectivity index (χ2v) is 1.72. The van der Waals surface area contributed by atoms with E-state index in [1.807, 2.05) is 0 Å². The molecule has 1 rings (SSSR count). The smallest absolute Gasteiger partial charge is 0.0642 e. The zero-order chi connectivity index (χ0) is 7.72. The molecule has 0 saturated carbocycles. The Hall–Kier alpha value is -0.850. The minimum Gasteiger partial charge on any atom is -0.258 e. The van der Waals surface area contributed by atoms with Crippen LogP contribution < -0.4 is 0 Å². The Bertz CT molecular complexity index is 208. The van der Waals surface area contributed by atoms with Gasteiger partial charge in [0.1, 0.15) is 0 Å². The minimum atomic E-state index is 0.343. The van der Waals surface area contributed by atoms with Crippen molar-refractivity contribution in [2.75, 3.05) is 0 Å². The third kappa shape index (κ3) is 1.06. The van der Waals surface area contributed by atoms with E-state index in [1.165, 1.54) is 6.07 Å². The molecule has 0 unspecified atom stereocenters. The molecule has 0 bridgehead atoms. The molecule has 1 aromatic heterocycles. The van der Waals surface area contributed by atoms with E-state index < -0.39 is 0 Å². The summed E-state index contributed by atoms with van der Waals surface area (Å²) >= 11 is 0. The molecule has 1 aromatic rings. The van der Waals surface area contributed by atoms with Crippen LogP contribution in [0.5, 0.6) is 0 Å². The summed E-state index contributed by atoms with van der Waals surface area (Å²) in [7, 11) is 0. The minimum absolute atomic E-state index is 0.343. The first-order valence-corrected chi connectivity index (χ1v) is 2.52. The molecule has 0 radical (unpaired) electrons. The lowest BCUT2D eigenvalue weighted by Crippen LogP contribution is -1.81. The highest BCUT2D eigenvalue weighted by Crippen LogP contribution is 1.93. The number of rotatable bonds is 0. The number of pyridine rings is 1. The van der Waals surface area contributed by atoms with Gasteiger partial charge in [-0.2, -0.15) is 0 Å². The van der Waals surface area contributed by atoms with Gasteiger partial charge in [-0.25, -0.2) is 0 Å². The van der Waals surface area contributed by atoms with Gasteiger partial charge in [0.15, 0.2) is 0 Å². The lowest BCUT2D eigenvalue weighted by molar-refractivity contribution is 1.12. The Balaban J connectivity index is 3.28. The van der Waals surface area contributed by atoms with Crippen molar-refractivity contribution < 1.29 is 2.74 Å². The summed E-state index contributed by atoms with van der Waals surface area (Å²) in [6, 6.07) is 2.20. The maximum absolute atomic E-state index is 7.27. The maximum Gasteiger partial charge on any atom is 0.0642 e. The molecule has 8 heavy (non-hydrogen) atoms. The monoisotopic (exact) mass is 109 g/mol. The predicted octanol–water partition coefficient (Wildman–Crippen LogP) is 1.70. The molecule has 0 atom stereocenters. The zero-order valence-corrected chi connectivity index (χ0v) is 5.02. The lowest BCUT2D eigenvalue weighted by Gasteiger charge is -1.90. The van der Waals surface area contributed by atoms with Gasteiger partial charge in [-0.3, -0.25) is 4.98 Å². The zero-order valence-electron chi connectivity index (χ0n) is 7.02. The molecule has 1 heterocycles. The van der Waals surface area contributed by atoms with E-state index >= 15 is 0 Å². The van der Waals surface area contributed by atoms with E-state index in [0.29, 0.717) is 23.5 Å². The normalized spacial score (nSPS) is 12.8. The van der Waals surface area contributed by atoms with Crippen molar-refractivity contribution in [3.8, 4) is 0 Å². The van der Waals surface area contributed by atoms with Gasteiger partial charge in [-0.05, 0) is 25.9 Å². The van der Waals surface area contributed by atoms with E-state index in [-0.39, 0.29) is 0 Å². The van der Waals surface area contributed by atoms with Crippen LogP contribution in [0.25, 0.3) is 0 Å². The fourth-order valence-electron chi connectivity index (χ4n) is 0.561. The van der Waals surface area contributed by atoms with Gasteiger partial charge in [0.05, 0.1) is 2.74 Å². The molecule has 0 amide bonds. The van der Waals surface area contributed by atoms with Gasteiger partial charge in [0.25, 0.3) is 0 Å². The molecule has 0 aliphatic heterocycles. The molecule has 1 nitrogen and oxygen atoms in total. The second kappa shape index (κ2) is 1.95. The average molecular weight is 109 g/mol. The van der Waals surface area contributed by atoms with Gasteiger partial charge in [-0.1, -0.05) is 6.07 Å². The van der Waals surface area contributed by atoms with Crippen LogP contribution in [0.4, 0.5) is 0 Å². The van der Waals surface area contributed by atoms with E-state index in [1.54, 1.807) is 13.8 Å². The Morgan fingerprint density at radius 1 is 1.38 bits per heavy atom. The Morgan fingerprint density at radius 2 is 1.88 bits per heavy atom. The average Bonchev–Trinajstić information content (AvgIpc) is 1.84. The standard InChI is InChI=1S/C7H9N/c1-6-4-3-5-7(2)8-6/h3-5H,1-2H3/i4D,5D. The maximum atomic E-state index is 7.27. The fraction of sp³-hybridized carbons (Fsp3) is 0.286. The molecule has 0 spiro atoms. The summed E-state index contributed by atoms with van der Waals surface area (Å²) in [5.74, 6) is 0. The Kier molecular flexibility index (Phi) is 0.787. The van der Waals surface area contributed by atoms with E-state index in [4.69, 9.17) is 2.74 Å². The van der Waals surface area contributed by atoms with Crippen LogP contribution in [-0.4, -0.2) is 4.98 Å². The van der Waals surface area contributed by atoms with Crippen LogP contribution in [0.1, 0.15) is 14.1 Å². The van der Waals surface area contributed by atoms with Crippen molar-refractivity contribution in [2.45, 2.75) is 13.8 Å². The molecular weight excluding hydrogens is 98.1 g/mol. The topological polar surface area (TPSA) is 12.9 Å². The third-order valence-corrected chi connectivity index (χ3v) is 0.898. The van der Waals surface area contributed by atoms with Crippen molar-refractivity contribution >= 4 is 0 Å². The SMILES string of the molecule is [2H]c1cc([2H])c(C)nc1C. The molecular formula is C7H9N. The molecule has 0 N–H and O–H groups in total. The molecule has 0 fully saturated rings. The first kappa shape index (κ1) is 3.23. The summed E-state index contributed by atoms with van der Waals surface area (Å²) in [4.78, 5) is 4.00. The van der Waals surface area contributed by atoms with Gasteiger partial charge >= 0.3 is 0 Å². The van der Waals surface area contributed by atoms with Gasteiger partial charge in [0, 0.05) is 11.4 Å². The summed E-state index contributed by atoms with van der Waals surface area (Å²) < 4.78 is 14.5. The second-order valence-electron chi connectivity index (χ2n) is 1.72. The number of nitrogens with zero attached hydrogens (tertiary/aromatic N) is 1. The fourth-order valence-corrected chi connectivity index (χ4v) is 0.561. The molecule has 0 aromatic carbocycles. The third-order valence-electron chi connectivity index (χ3n) is 0.898. The lowest BCUT2D eigenvalue weighted by atomic mass is 10.3. The summed E-state index contributed by atoms with van der Waals surface area (Å²) in [5, 5.41) is 0. The Labute approximate surface area is 52.2 Å². The van der Waals surface area contributed by atoms with Crippen LogP contribution in [-0.2, 0) is 0 Å². The van der Waals surface area contributed by atoms with E-state index in [0.717, 1.165) is 0 Å². The highest BCUT2D eigenvalue weighted by molar-refractivity contribution is 5.07. The van der Waals surface area contributed by atoms with Crippen molar-refractivity contribution in [3.63, 3.8) is 0 Å². The molecule has 1 heteroatoms. The molecule has 0 aliphatic carbocycles. The van der Waals surface area contributed by atoms with Gasteiger partial charge in [-0.15, -0.1) is 0 Å². The van der Waals surface area contributed by atoms with Crippen molar-refractivity contribution in [1.82, 2.24) is 4.98 Å². The number of hydrogen-bond acceptors (Lipinski definition) is 1. The molecule has 0 saturated heterocycles. The van der Waals surface area contributed by atoms with Crippen LogP contribution in [0, 0.1) is 13.8 Å².